The van der Waals surface area contributed by atoms with Crippen molar-refractivity contribution in [1.82, 2.24) is 0 Å². The van der Waals surface area contributed by atoms with Crippen molar-refractivity contribution in [3.05, 3.63) is 89.5 Å². The zero-order valence-electron chi connectivity index (χ0n) is 16.1. The molecule has 0 aliphatic rings. The molecule has 3 aromatic carbocycles. The zero-order chi connectivity index (χ0) is 20.6. The highest BCUT2D eigenvalue weighted by molar-refractivity contribution is 5.97. The number of aryl methyl sites for hydroxylation is 1. The van der Waals surface area contributed by atoms with Gasteiger partial charge in [0.25, 0.3) is 5.91 Å². The molecule has 0 aliphatic carbocycles. The summed E-state index contributed by atoms with van der Waals surface area (Å²) in [7, 11) is 0. The van der Waals surface area contributed by atoms with Crippen molar-refractivity contribution in [3.8, 4) is 11.5 Å². The lowest BCUT2D eigenvalue weighted by Crippen LogP contribution is -2.21. The molecule has 0 fully saturated rings. The molecule has 29 heavy (non-hydrogen) atoms. The number of hydrogen-bond acceptors (Lipinski definition) is 4. The van der Waals surface area contributed by atoms with E-state index in [9.17, 15) is 9.59 Å². The molecule has 0 heterocycles. The van der Waals surface area contributed by atoms with Crippen LogP contribution in [0, 0.1) is 6.92 Å². The highest BCUT2D eigenvalue weighted by Crippen LogP contribution is 2.27. The minimum atomic E-state index is -0.542. The van der Waals surface area contributed by atoms with Gasteiger partial charge in [0.05, 0.1) is 0 Å². The number of amides is 2. The van der Waals surface area contributed by atoms with Crippen molar-refractivity contribution >= 4 is 17.5 Å². The molecular formula is C23H22N2O4. The fraction of sp³-hybridized carbons (Fsp3) is 0.130. The smallest absolute Gasteiger partial charge is 0.262 e. The first kappa shape index (κ1) is 19.9. The number of carbonyl (C=O) groups is 2. The molecular weight excluding hydrogens is 368 g/mol. The summed E-state index contributed by atoms with van der Waals surface area (Å²) in [6.45, 7) is 1.97. The van der Waals surface area contributed by atoms with Gasteiger partial charge in [0.15, 0.2) is 18.1 Å². The summed E-state index contributed by atoms with van der Waals surface area (Å²) in [5.74, 6) is 0.122. The number of carbonyl (C=O) groups excluding carboxylic acids is 2. The molecule has 0 saturated heterocycles. The second-order valence-electron chi connectivity index (χ2n) is 6.45. The minimum absolute atomic E-state index is 0.203. The van der Waals surface area contributed by atoms with Gasteiger partial charge >= 0.3 is 0 Å². The van der Waals surface area contributed by atoms with Gasteiger partial charge in [0.1, 0.15) is 6.61 Å². The first-order chi connectivity index (χ1) is 14.0. The van der Waals surface area contributed by atoms with Crippen molar-refractivity contribution < 1.29 is 19.1 Å². The SMILES string of the molecule is Cc1ccc(NC(=O)COc2ccccc2OCc2ccccc2)cc1C(N)=O. The highest BCUT2D eigenvalue weighted by Gasteiger charge is 2.11. The van der Waals surface area contributed by atoms with E-state index in [2.05, 4.69) is 5.32 Å². The van der Waals surface area contributed by atoms with Crippen molar-refractivity contribution in [1.29, 1.82) is 0 Å². The number of hydrogen-bond donors (Lipinski definition) is 2. The predicted octanol–water partition coefficient (Wildman–Crippen LogP) is 3.69. The second kappa shape index (κ2) is 9.41. The monoisotopic (exact) mass is 390 g/mol. The van der Waals surface area contributed by atoms with Crippen LogP contribution in [0.3, 0.4) is 0 Å². The van der Waals surface area contributed by atoms with Crippen molar-refractivity contribution in [2.24, 2.45) is 5.73 Å². The van der Waals surface area contributed by atoms with Crippen LogP contribution in [-0.4, -0.2) is 18.4 Å². The van der Waals surface area contributed by atoms with Crippen LogP contribution >= 0.6 is 0 Å². The van der Waals surface area contributed by atoms with Gasteiger partial charge in [-0.15, -0.1) is 0 Å². The third-order valence-electron chi connectivity index (χ3n) is 4.23. The lowest BCUT2D eigenvalue weighted by atomic mass is 10.1. The van der Waals surface area contributed by atoms with Crippen molar-refractivity contribution in [3.63, 3.8) is 0 Å². The lowest BCUT2D eigenvalue weighted by molar-refractivity contribution is -0.118. The average Bonchev–Trinajstić information content (AvgIpc) is 2.73. The third kappa shape index (κ3) is 5.59. The van der Waals surface area contributed by atoms with Gasteiger partial charge in [0, 0.05) is 11.3 Å². The molecule has 0 atom stereocenters. The lowest BCUT2D eigenvalue weighted by Gasteiger charge is -2.13. The quantitative estimate of drug-likeness (QED) is 0.614. The Labute approximate surface area is 169 Å². The fourth-order valence-electron chi connectivity index (χ4n) is 2.73. The number of anilines is 1. The topological polar surface area (TPSA) is 90.7 Å². The molecule has 0 saturated carbocycles. The number of nitrogens with two attached hydrogens (primary N) is 1. The molecule has 0 aliphatic heterocycles. The molecule has 0 spiro atoms. The molecule has 0 bridgehead atoms. The first-order valence-corrected chi connectivity index (χ1v) is 9.12. The maximum atomic E-state index is 12.2. The van der Waals surface area contributed by atoms with Crippen LogP contribution in [0.4, 0.5) is 5.69 Å². The molecule has 2 amide bonds. The van der Waals surface area contributed by atoms with Gasteiger partial charge in [-0.2, -0.15) is 0 Å². The van der Waals surface area contributed by atoms with E-state index in [1.807, 2.05) is 42.5 Å². The number of para-hydroxylation sites is 2. The van der Waals surface area contributed by atoms with Crippen LogP contribution < -0.4 is 20.5 Å². The first-order valence-electron chi connectivity index (χ1n) is 9.12. The van der Waals surface area contributed by atoms with E-state index in [1.165, 1.54) is 0 Å². The van der Waals surface area contributed by atoms with Crippen LogP contribution in [-0.2, 0) is 11.4 Å². The van der Waals surface area contributed by atoms with Crippen LogP contribution in [0.2, 0.25) is 0 Å². The van der Waals surface area contributed by atoms with E-state index in [4.69, 9.17) is 15.2 Å². The van der Waals surface area contributed by atoms with Crippen LogP contribution in [0.25, 0.3) is 0 Å². The number of rotatable bonds is 8. The van der Waals surface area contributed by atoms with Crippen LogP contribution in [0.15, 0.2) is 72.8 Å². The summed E-state index contributed by atoms with van der Waals surface area (Å²) in [6.07, 6.45) is 0. The molecule has 148 valence electrons. The number of ether oxygens (including phenoxy) is 2. The second-order valence-corrected chi connectivity index (χ2v) is 6.45. The highest BCUT2D eigenvalue weighted by atomic mass is 16.5. The Morgan fingerprint density at radius 3 is 2.24 bits per heavy atom. The number of primary amides is 1. The van der Waals surface area contributed by atoms with Gasteiger partial charge in [-0.25, -0.2) is 0 Å². The van der Waals surface area contributed by atoms with Gasteiger partial charge in [-0.3, -0.25) is 9.59 Å². The van der Waals surface area contributed by atoms with Gasteiger partial charge in [0.2, 0.25) is 5.91 Å². The zero-order valence-corrected chi connectivity index (χ0v) is 16.1. The van der Waals surface area contributed by atoms with E-state index in [1.54, 1.807) is 37.3 Å². The number of benzene rings is 3. The maximum Gasteiger partial charge on any atom is 0.262 e. The maximum absolute atomic E-state index is 12.2. The van der Waals surface area contributed by atoms with Gasteiger partial charge in [-0.1, -0.05) is 48.5 Å². The molecule has 6 heteroatoms. The van der Waals surface area contributed by atoms with E-state index < -0.39 is 5.91 Å². The Bertz CT molecular complexity index is 1000. The number of nitrogens with one attached hydrogen (secondary N) is 1. The third-order valence-corrected chi connectivity index (χ3v) is 4.23. The van der Waals surface area contributed by atoms with Gasteiger partial charge < -0.3 is 20.5 Å². The van der Waals surface area contributed by atoms with Crippen molar-refractivity contribution in [2.45, 2.75) is 13.5 Å². The van der Waals surface area contributed by atoms with Crippen LogP contribution in [0.5, 0.6) is 11.5 Å². The Morgan fingerprint density at radius 1 is 0.897 bits per heavy atom. The summed E-state index contributed by atoms with van der Waals surface area (Å²) in [5.41, 5.74) is 7.97. The normalized spacial score (nSPS) is 10.2. The Morgan fingerprint density at radius 2 is 1.55 bits per heavy atom. The van der Waals surface area contributed by atoms with E-state index in [0.717, 1.165) is 11.1 Å². The van der Waals surface area contributed by atoms with Crippen LogP contribution in [0.1, 0.15) is 21.5 Å². The summed E-state index contributed by atoms with van der Waals surface area (Å²) >= 11 is 0. The standard InChI is InChI=1S/C23H22N2O4/c1-16-11-12-18(13-19(16)23(24)27)25-22(26)15-29-21-10-6-5-9-20(21)28-14-17-7-3-2-4-8-17/h2-13H,14-15H2,1H3,(H2,24,27)(H,25,26). The average molecular weight is 390 g/mol. The molecule has 0 radical (unpaired) electrons. The molecule has 3 N–H and O–H groups in total. The summed E-state index contributed by atoms with van der Waals surface area (Å²) in [6, 6.07) is 21.9. The Hall–Kier alpha value is -3.80. The van der Waals surface area contributed by atoms with Crippen molar-refractivity contribution in [2.75, 3.05) is 11.9 Å². The summed E-state index contributed by atoms with van der Waals surface area (Å²) < 4.78 is 11.5. The molecule has 0 unspecified atom stereocenters. The fourth-order valence-corrected chi connectivity index (χ4v) is 2.73. The Balaban J connectivity index is 1.59. The summed E-state index contributed by atoms with van der Waals surface area (Å²) in [4.78, 5) is 23.7. The van der Waals surface area contributed by atoms with Gasteiger partial charge in [-0.05, 0) is 42.3 Å². The molecule has 3 aromatic rings. The largest absolute Gasteiger partial charge is 0.485 e. The van der Waals surface area contributed by atoms with E-state index >= 15 is 0 Å². The van der Waals surface area contributed by atoms with E-state index in [-0.39, 0.29) is 12.5 Å². The minimum Gasteiger partial charge on any atom is -0.485 e. The molecule has 3 rings (SSSR count). The van der Waals surface area contributed by atoms with E-state index in [0.29, 0.717) is 29.4 Å². The molecule has 6 nitrogen and oxygen atoms in total. The Kier molecular flexibility index (Phi) is 6.47. The summed E-state index contributed by atoms with van der Waals surface area (Å²) in [5, 5.41) is 2.70. The predicted molar refractivity (Wildman–Crippen MR) is 111 cm³/mol. The molecule has 0 aromatic heterocycles.